The summed E-state index contributed by atoms with van der Waals surface area (Å²) in [5.74, 6) is -0.860. The summed E-state index contributed by atoms with van der Waals surface area (Å²) in [6.07, 6.45) is 0.302. The molecule has 0 atom stereocenters. The molecule has 0 saturated carbocycles. The molecule has 1 saturated heterocycles. The van der Waals surface area contributed by atoms with Gasteiger partial charge < -0.3 is 4.18 Å². The quantitative estimate of drug-likeness (QED) is 0.582. The highest BCUT2D eigenvalue weighted by atomic mass is 32.2. The number of hydrogen-bond acceptors (Lipinski definition) is 5. The van der Waals surface area contributed by atoms with E-state index >= 15 is 0 Å². The Hall–Kier alpha value is -1.89. The van der Waals surface area contributed by atoms with E-state index in [4.69, 9.17) is 4.18 Å². The molecule has 0 N–H and O–H groups in total. The van der Waals surface area contributed by atoms with Crippen molar-refractivity contribution >= 4 is 21.9 Å². The highest BCUT2D eigenvalue weighted by molar-refractivity contribution is 7.87. The number of imide groups is 1. The molecule has 6 nitrogen and oxygen atoms in total. The van der Waals surface area contributed by atoms with Crippen LogP contribution in [-0.2, 0) is 19.7 Å². The Kier molecular flexibility index (Phi) is 3.84. The van der Waals surface area contributed by atoms with Crippen molar-refractivity contribution < 1.29 is 22.2 Å². The molecule has 2 amide bonds. The summed E-state index contributed by atoms with van der Waals surface area (Å²) in [5.41, 5.74) is 0. The van der Waals surface area contributed by atoms with E-state index in [2.05, 4.69) is 0 Å². The van der Waals surface area contributed by atoms with Gasteiger partial charge in [-0.3, -0.25) is 14.5 Å². The van der Waals surface area contributed by atoms with Gasteiger partial charge in [-0.2, -0.15) is 8.42 Å². The standard InChI is InChI=1S/C12H13NO5S/c14-11-6-7-12(15)13(11)8-9-19(16,17)18-10-4-2-1-3-5-10/h1-5H,6-9H2. The maximum absolute atomic E-state index is 11.7. The molecule has 1 fully saturated rings. The third-order valence-corrected chi connectivity index (χ3v) is 3.82. The maximum atomic E-state index is 11.7. The van der Waals surface area contributed by atoms with E-state index in [0.29, 0.717) is 0 Å². The van der Waals surface area contributed by atoms with Crippen LogP contribution in [0.2, 0.25) is 0 Å². The van der Waals surface area contributed by atoms with Crippen LogP contribution in [0.4, 0.5) is 0 Å². The Bertz CT molecular complexity index is 565. The SMILES string of the molecule is O=C1CCC(=O)N1CCS(=O)(=O)Oc1ccccc1. The average molecular weight is 283 g/mol. The lowest BCUT2D eigenvalue weighted by Gasteiger charge is -2.13. The molecule has 0 aliphatic carbocycles. The van der Waals surface area contributed by atoms with Crippen LogP contribution in [0.15, 0.2) is 30.3 Å². The van der Waals surface area contributed by atoms with Gasteiger partial charge in [-0.15, -0.1) is 0 Å². The number of nitrogens with zero attached hydrogens (tertiary/aromatic N) is 1. The van der Waals surface area contributed by atoms with Gasteiger partial charge in [0.05, 0.1) is 0 Å². The molecule has 1 aromatic carbocycles. The molecule has 7 heteroatoms. The lowest BCUT2D eigenvalue weighted by molar-refractivity contribution is -0.137. The molecule has 1 aromatic rings. The number of carbonyl (C=O) groups excluding carboxylic acids is 2. The first-order valence-electron chi connectivity index (χ1n) is 5.78. The minimum atomic E-state index is -3.82. The van der Waals surface area contributed by atoms with Gasteiger partial charge in [0, 0.05) is 19.4 Å². The number of amides is 2. The van der Waals surface area contributed by atoms with Gasteiger partial charge in [0.2, 0.25) is 11.8 Å². The smallest absolute Gasteiger partial charge is 0.310 e. The second kappa shape index (κ2) is 5.40. The third kappa shape index (κ3) is 3.54. The zero-order valence-electron chi connectivity index (χ0n) is 10.1. The van der Waals surface area contributed by atoms with E-state index in [9.17, 15) is 18.0 Å². The van der Waals surface area contributed by atoms with E-state index in [1.54, 1.807) is 18.2 Å². The molecule has 1 heterocycles. The molecule has 1 aliphatic rings. The lowest BCUT2D eigenvalue weighted by Crippen LogP contribution is -2.34. The van der Waals surface area contributed by atoms with Crippen LogP contribution in [0.1, 0.15) is 12.8 Å². The fraction of sp³-hybridized carbons (Fsp3) is 0.333. The van der Waals surface area contributed by atoms with Crippen molar-refractivity contribution in [2.75, 3.05) is 12.3 Å². The Morgan fingerprint density at radius 2 is 1.63 bits per heavy atom. The zero-order valence-corrected chi connectivity index (χ0v) is 10.9. The molecule has 0 aromatic heterocycles. The molecule has 0 spiro atoms. The van der Waals surface area contributed by atoms with Crippen molar-refractivity contribution in [3.05, 3.63) is 30.3 Å². The number of benzene rings is 1. The van der Waals surface area contributed by atoms with Gasteiger partial charge in [-0.25, -0.2) is 0 Å². The van der Waals surface area contributed by atoms with Crippen LogP contribution in [0, 0.1) is 0 Å². The minimum absolute atomic E-state index is 0.151. The first kappa shape index (κ1) is 13.5. The van der Waals surface area contributed by atoms with Gasteiger partial charge in [0.25, 0.3) is 0 Å². The fourth-order valence-corrected chi connectivity index (χ4v) is 2.63. The third-order valence-electron chi connectivity index (χ3n) is 2.69. The number of carbonyl (C=O) groups is 2. The van der Waals surface area contributed by atoms with Crippen LogP contribution >= 0.6 is 0 Å². The summed E-state index contributed by atoms with van der Waals surface area (Å²) in [5, 5.41) is 0. The van der Waals surface area contributed by atoms with Crippen LogP contribution in [0.3, 0.4) is 0 Å². The first-order valence-corrected chi connectivity index (χ1v) is 7.36. The van der Waals surface area contributed by atoms with Crippen molar-refractivity contribution in [1.29, 1.82) is 0 Å². The van der Waals surface area contributed by atoms with Gasteiger partial charge in [0.15, 0.2) is 0 Å². The topological polar surface area (TPSA) is 80.8 Å². The highest BCUT2D eigenvalue weighted by Crippen LogP contribution is 2.14. The molecule has 19 heavy (non-hydrogen) atoms. The summed E-state index contributed by atoms with van der Waals surface area (Å²) in [4.78, 5) is 23.6. The summed E-state index contributed by atoms with van der Waals surface area (Å²) in [7, 11) is -3.82. The van der Waals surface area contributed by atoms with Gasteiger partial charge >= 0.3 is 10.1 Å². The number of likely N-dealkylation sites (tertiary alicyclic amines) is 1. The highest BCUT2D eigenvalue weighted by Gasteiger charge is 2.30. The molecule has 0 radical (unpaired) electrons. The molecule has 0 unspecified atom stereocenters. The van der Waals surface area contributed by atoms with E-state index in [1.165, 1.54) is 12.1 Å². The second-order valence-electron chi connectivity index (χ2n) is 4.10. The number of rotatable bonds is 5. The Morgan fingerprint density at radius 1 is 1.05 bits per heavy atom. The summed E-state index contributed by atoms with van der Waals surface area (Å²) in [6, 6.07) is 8.07. The van der Waals surface area contributed by atoms with Gasteiger partial charge in [-0.05, 0) is 12.1 Å². The predicted octanol–water partition coefficient (Wildman–Crippen LogP) is 0.544. The van der Waals surface area contributed by atoms with Crippen LogP contribution in [-0.4, -0.2) is 37.4 Å². The van der Waals surface area contributed by atoms with Crippen LogP contribution in [0.25, 0.3) is 0 Å². The van der Waals surface area contributed by atoms with Crippen molar-refractivity contribution in [3.8, 4) is 5.75 Å². The van der Waals surface area contributed by atoms with Gasteiger partial charge in [0.1, 0.15) is 11.5 Å². The van der Waals surface area contributed by atoms with Crippen LogP contribution < -0.4 is 4.18 Å². The molecule has 1 aliphatic heterocycles. The predicted molar refractivity (Wildman–Crippen MR) is 66.8 cm³/mol. The first-order chi connectivity index (χ1) is 8.98. The van der Waals surface area contributed by atoms with Crippen molar-refractivity contribution in [3.63, 3.8) is 0 Å². The van der Waals surface area contributed by atoms with Crippen molar-refractivity contribution in [2.24, 2.45) is 0 Å². The second-order valence-corrected chi connectivity index (χ2v) is 5.79. The zero-order chi connectivity index (χ0) is 13.9. The van der Waals surface area contributed by atoms with E-state index in [0.717, 1.165) is 4.90 Å². The molecular formula is C12H13NO5S. The number of hydrogen-bond donors (Lipinski definition) is 0. The lowest BCUT2D eigenvalue weighted by atomic mass is 10.3. The Labute approximate surface area is 111 Å². The van der Waals surface area contributed by atoms with E-state index < -0.39 is 15.9 Å². The largest absolute Gasteiger partial charge is 0.382 e. The van der Waals surface area contributed by atoms with E-state index in [-0.39, 0.29) is 37.0 Å². The fourth-order valence-electron chi connectivity index (χ4n) is 1.74. The average Bonchev–Trinajstić information content (AvgIpc) is 2.67. The molecule has 0 bridgehead atoms. The molecular weight excluding hydrogens is 270 g/mol. The van der Waals surface area contributed by atoms with Crippen molar-refractivity contribution in [2.45, 2.75) is 12.8 Å². The maximum Gasteiger partial charge on any atom is 0.310 e. The molecule has 102 valence electrons. The monoisotopic (exact) mass is 283 g/mol. The van der Waals surface area contributed by atoms with E-state index in [1.807, 2.05) is 0 Å². The number of para-hydroxylation sites is 1. The normalized spacial score (nSPS) is 15.9. The Balaban J connectivity index is 1.95. The van der Waals surface area contributed by atoms with Gasteiger partial charge in [-0.1, -0.05) is 18.2 Å². The summed E-state index contributed by atoms with van der Waals surface area (Å²) >= 11 is 0. The summed E-state index contributed by atoms with van der Waals surface area (Å²) in [6.45, 7) is -0.160. The van der Waals surface area contributed by atoms with Crippen LogP contribution in [0.5, 0.6) is 5.75 Å². The minimum Gasteiger partial charge on any atom is -0.382 e. The molecule has 2 rings (SSSR count). The van der Waals surface area contributed by atoms with Crippen molar-refractivity contribution in [1.82, 2.24) is 4.90 Å². The Morgan fingerprint density at radius 3 is 2.21 bits per heavy atom. The summed E-state index contributed by atoms with van der Waals surface area (Å²) < 4.78 is 28.3.